The van der Waals surface area contributed by atoms with E-state index in [0.29, 0.717) is 21.7 Å². The first-order valence-electron chi connectivity index (χ1n) is 9.11. The van der Waals surface area contributed by atoms with Crippen LogP contribution in [0.1, 0.15) is 30.8 Å². The number of ether oxygens (including phenoxy) is 1. The van der Waals surface area contributed by atoms with Gasteiger partial charge in [0.2, 0.25) is 0 Å². The van der Waals surface area contributed by atoms with E-state index in [9.17, 15) is 14.4 Å². The summed E-state index contributed by atoms with van der Waals surface area (Å²) in [6.45, 7) is 1.45. The van der Waals surface area contributed by atoms with Crippen LogP contribution in [0.15, 0.2) is 53.3 Å². The SMILES string of the molecule is C[C@H](NC(=O)COC(=O)CCc1nc2ccccc2c(=O)[nH]1)c1ccc(Cl)cc1. The molecular formula is C21H20ClN3O4. The standard InChI is InChI=1S/C21H20ClN3O4/c1-13(14-6-8-15(22)9-7-14)23-19(26)12-29-20(27)11-10-18-24-17-5-3-2-4-16(17)21(28)25-18/h2-9,13H,10-12H2,1H3,(H,23,26)(H,24,25,28)/t13-/m0/s1. The summed E-state index contributed by atoms with van der Waals surface area (Å²) in [5.74, 6) is -0.556. The molecule has 1 heterocycles. The van der Waals surface area contributed by atoms with E-state index in [1.54, 1.807) is 36.4 Å². The summed E-state index contributed by atoms with van der Waals surface area (Å²) < 4.78 is 5.01. The van der Waals surface area contributed by atoms with Crippen LogP contribution < -0.4 is 10.9 Å². The summed E-state index contributed by atoms with van der Waals surface area (Å²) in [6.07, 6.45) is 0.211. The van der Waals surface area contributed by atoms with Crippen molar-refractivity contribution < 1.29 is 14.3 Å². The summed E-state index contributed by atoms with van der Waals surface area (Å²) in [4.78, 5) is 42.9. The molecule has 0 aliphatic rings. The van der Waals surface area contributed by atoms with Crippen molar-refractivity contribution in [3.63, 3.8) is 0 Å². The molecule has 0 radical (unpaired) electrons. The monoisotopic (exact) mass is 413 g/mol. The fraction of sp³-hybridized carbons (Fsp3) is 0.238. The molecule has 0 saturated carbocycles. The normalized spacial score (nSPS) is 11.8. The number of esters is 1. The van der Waals surface area contributed by atoms with Crippen LogP contribution in [0.4, 0.5) is 0 Å². The van der Waals surface area contributed by atoms with Crippen LogP contribution in [0.3, 0.4) is 0 Å². The predicted octanol–water partition coefficient (Wildman–Crippen LogP) is 2.93. The van der Waals surface area contributed by atoms with Crippen LogP contribution in [0.5, 0.6) is 0 Å². The number of carbonyl (C=O) groups excluding carboxylic acids is 2. The first kappa shape index (κ1) is 20.5. The van der Waals surface area contributed by atoms with E-state index in [1.165, 1.54) is 0 Å². The fourth-order valence-electron chi connectivity index (χ4n) is 2.81. The molecule has 0 saturated heterocycles. The molecule has 0 aliphatic heterocycles. The highest BCUT2D eigenvalue weighted by molar-refractivity contribution is 6.30. The lowest BCUT2D eigenvalue weighted by molar-refractivity contribution is -0.148. The summed E-state index contributed by atoms with van der Waals surface area (Å²) >= 11 is 5.85. The zero-order chi connectivity index (χ0) is 20.8. The topological polar surface area (TPSA) is 101 Å². The minimum atomic E-state index is -0.546. The molecule has 3 aromatic rings. The Morgan fingerprint density at radius 1 is 1.17 bits per heavy atom. The van der Waals surface area contributed by atoms with Crippen molar-refractivity contribution >= 4 is 34.4 Å². The number of nitrogens with one attached hydrogen (secondary N) is 2. The lowest BCUT2D eigenvalue weighted by atomic mass is 10.1. The maximum absolute atomic E-state index is 12.0. The van der Waals surface area contributed by atoms with Gasteiger partial charge < -0.3 is 15.0 Å². The van der Waals surface area contributed by atoms with Gasteiger partial charge in [-0.2, -0.15) is 0 Å². The van der Waals surface area contributed by atoms with Crippen LogP contribution in [-0.2, 0) is 20.7 Å². The summed E-state index contributed by atoms with van der Waals surface area (Å²) in [5, 5.41) is 3.86. The van der Waals surface area contributed by atoms with E-state index in [2.05, 4.69) is 15.3 Å². The van der Waals surface area contributed by atoms with Crippen molar-refractivity contribution in [3.05, 3.63) is 75.3 Å². The molecule has 2 N–H and O–H groups in total. The van der Waals surface area contributed by atoms with Gasteiger partial charge in [0.15, 0.2) is 6.61 Å². The molecular weight excluding hydrogens is 394 g/mol. The van der Waals surface area contributed by atoms with Crippen LogP contribution in [0.25, 0.3) is 10.9 Å². The van der Waals surface area contributed by atoms with E-state index >= 15 is 0 Å². The number of aromatic nitrogens is 2. The molecule has 1 aromatic heterocycles. The lowest BCUT2D eigenvalue weighted by Gasteiger charge is -2.14. The Morgan fingerprint density at radius 3 is 2.66 bits per heavy atom. The number of hydrogen-bond acceptors (Lipinski definition) is 5. The molecule has 3 rings (SSSR count). The minimum absolute atomic E-state index is 0.00129. The van der Waals surface area contributed by atoms with Gasteiger partial charge in [-0.25, -0.2) is 4.98 Å². The average Bonchev–Trinajstić information content (AvgIpc) is 2.71. The average molecular weight is 414 g/mol. The summed E-state index contributed by atoms with van der Waals surface area (Å²) in [5.41, 5.74) is 1.20. The van der Waals surface area contributed by atoms with Crippen molar-refractivity contribution in [2.75, 3.05) is 6.61 Å². The highest BCUT2D eigenvalue weighted by Gasteiger charge is 2.13. The molecule has 0 aliphatic carbocycles. The van der Waals surface area contributed by atoms with Gasteiger partial charge in [-0.05, 0) is 36.8 Å². The second kappa shape index (κ2) is 9.34. The molecule has 0 bridgehead atoms. The van der Waals surface area contributed by atoms with E-state index < -0.39 is 11.9 Å². The Labute approximate surface area is 172 Å². The zero-order valence-corrected chi connectivity index (χ0v) is 16.5. The highest BCUT2D eigenvalue weighted by Crippen LogP contribution is 2.15. The van der Waals surface area contributed by atoms with Crippen molar-refractivity contribution in [1.82, 2.24) is 15.3 Å². The molecule has 8 heteroatoms. The molecule has 0 unspecified atom stereocenters. The quantitative estimate of drug-likeness (QED) is 0.580. The van der Waals surface area contributed by atoms with Crippen LogP contribution in [0, 0.1) is 0 Å². The second-order valence-electron chi connectivity index (χ2n) is 6.53. The maximum atomic E-state index is 12.0. The second-order valence-corrected chi connectivity index (χ2v) is 6.97. The highest BCUT2D eigenvalue weighted by atomic mass is 35.5. The maximum Gasteiger partial charge on any atom is 0.306 e. The first-order valence-corrected chi connectivity index (χ1v) is 9.48. The Morgan fingerprint density at radius 2 is 1.90 bits per heavy atom. The van der Waals surface area contributed by atoms with Gasteiger partial charge in [-0.3, -0.25) is 14.4 Å². The first-order chi connectivity index (χ1) is 13.9. The van der Waals surface area contributed by atoms with Gasteiger partial charge in [0, 0.05) is 11.4 Å². The third kappa shape index (κ3) is 5.65. The van der Waals surface area contributed by atoms with Crippen molar-refractivity contribution in [3.8, 4) is 0 Å². The van der Waals surface area contributed by atoms with Crippen LogP contribution >= 0.6 is 11.6 Å². The third-order valence-corrected chi connectivity index (χ3v) is 4.59. The van der Waals surface area contributed by atoms with Gasteiger partial charge in [0.25, 0.3) is 11.5 Å². The van der Waals surface area contributed by atoms with E-state index in [-0.39, 0.29) is 31.0 Å². The predicted molar refractivity (Wildman–Crippen MR) is 110 cm³/mol. The number of nitrogens with zero attached hydrogens (tertiary/aromatic N) is 1. The number of benzene rings is 2. The number of H-pyrrole nitrogens is 1. The number of aromatic amines is 1. The number of halogens is 1. The van der Waals surface area contributed by atoms with Crippen molar-refractivity contribution in [1.29, 1.82) is 0 Å². The Balaban J connectivity index is 1.46. The Hall–Kier alpha value is -3.19. The number of hydrogen-bond donors (Lipinski definition) is 2. The van der Waals surface area contributed by atoms with E-state index in [4.69, 9.17) is 16.3 Å². The van der Waals surface area contributed by atoms with Gasteiger partial charge in [-0.1, -0.05) is 35.9 Å². The number of aryl methyl sites for hydroxylation is 1. The summed E-state index contributed by atoms with van der Waals surface area (Å²) in [6, 6.07) is 13.8. The van der Waals surface area contributed by atoms with E-state index in [0.717, 1.165) is 5.56 Å². The van der Waals surface area contributed by atoms with Gasteiger partial charge in [-0.15, -0.1) is 0 Å². The van der Waals surface area contributed by atoms with Crippen molar-refractivity contribution in [2.45, 2.75) is 25.8 Å². The van der Waals surface area contributed by atoms with E-state index in [1.807, 2.05) is 19.1 Å². The number of rotatable bonds is 7. The molecule has 0 fully saturated rings. The van der Waals surface area contributed by atoms with Gasteiger partial charge in [0.05, 0.1) is 23.4 Å². The lowest BCUT2D eigenvalue weighted by Crippen LogP contribution is -2.31. The molecule has 29 heavy (non-hydrogen) atoms. The van der Waals surface area contributed by atoms with Gasteiger partial charge in [0.1, 0.15) is 5.82 Å². The van der Waals surface area contributed by atoms with Crippen LogP contribution in [0.2, 0.25) is 5.02 Å². The third-order valence-electron chi connectivity index (χ3n) is 4.34. The summed E-state index contributed by atoms with van der Waals surface area (Å²) in [7, 11) is 0. The molecule has 1 amide bonds. The zero-order valence-electron chi connectivity index (χ0n) is 15.8. The van der Waals surface area contributed by atoms with Gasteiger partial charge >= 0.3 is 5.97 Å². The fourth-order valence-corrected chi connectivity index (χ4v) is 2.94. The van der Waals surface area contributed by atoms with Crippen molar-refractivity contribution in [2.24, 2.45) is 0 Å². The number of fused-ring (bicyclic) bond motifs is 1. The Kier molecular flexibility index (Phi) is 6.61. The molecule has 150 valence electrons. The molecule has 0 spiro atoms. The Bertz CT molecular complexity index is 1080. The largest absolute Gasteiger partial charge is 0.456 e. The minimum Gasteiger partial charge on any atom is -0.456 e. The molecule has 7 nitrogen and oxygen atoms in total. The molecule has 1 atom stereocenters. The number of carbonyl (C=O) groups is 2. The smallest absolute Gasteiger partial charge is 0.306 e. The number of para-hydroxylation sites is 1. The number of amides is 1. The van der Waals surface area contributed by atoms with Crippen LogP contribution in [-0.4, -0.2) is 28.5 Å². The molecule has 2 aromatic carbocycles.